The van der Waals surface area contributed by atoms with Crippen molar-refractivity contribution in [1.29, 1.82) is 0 Å². The highest BCUT2D eigenvalue weighted by Gasteiger charge is 2.26. The number of halogens is 1. The molecule has 3 nitrogen and oxygen atoms in total. The normalized spacial score (nSPS) is 23.8. The number of hydrogen-bond donors (Lipinski definition) is 2. The van der Waals surface area contributed by atoms with E-state index in [0.29, 0.717) is 11.4 Å². The minimum Gasteiger partial charge on any atom is -0.481 e. The van der Waals surface area contributed by atoms with E-state index in [2.05, 4.69) is 0 Å². The van der Waals surface area contributed by atoms with Crippen molar-refractivity contribution in [1.82, 2.24) is 0 Å². The van der Waals surface area contributed by atoms with Crippen LogP contribution in [0.5, 0.6) is 0 Å². The Morgan fingerprint density at radius 3 is 2.85 bits per heavy atom. The number of thioether (sulfide) groups is 1. The van der Waals surface area contributed by atoms with Crippen LogP contribution in [0, 0.1) is 5.92 Å². The fourth-order valence-electron chi connectivity index (χ4n) is 2.37. The molecule has 1 heterocycles. The molecule has 110 valence electrons. The number of rotatable bonds is 5. The van der Waals surface area contributed by atoms with Crippen LogP contribution >= 0.6 is 23.4 Å². The first-order valence-electron chi connectivity index (χ1n) is 6.77. The lowest BCUT2D eigenvalue weighted by Gasteiger charge is -2.15. The quantitative estimate of drug-likeness (QED) is 0.877. The topological polar surface area (TPSA) is 57.5 Å². The van der Waals surface area contributed by atoms with Crippen LogP contribution < -0.4 is 0 Å². The number of carboxylic acids is 1. The summed E-state index contributed by atoms with van der Waals surface area (Å²) in [7, 11) is 0. The molecule has 0 bridgehead atoms. The second kappa shape index (κ2) is 6.83. The molecule has 1 aliphatic heterocycles. The number of hydrogen-bond acceptors (Lipinski definition) is 3. The van der Waals surface area contributed by atoms with Crippen LogP contribution in [0.15, 0.2) is 18.2 Å². The maximum atomic E-state index is 10.9. The smallest absolute Gasteiger partial charge is 0.306 e. The molecule has 3 unspecified atom stereocenters. The van der Waals surface area contributed by atoms with Crippen LogP contribution in [-0.4, -0.2) is 33.3 Å². The van der Waals surface area contributed by atoms with Crippen molar-refractivity contribution < 1.29 is 15.0 Å². The molecule has 0 aliphatic carbocycles. The average Bonchev–Trinajstić information content (AvgIpc) is 2.78. The summed E-state index contributed by atoms with van der Waals surface area (Å²) in [5, 5.41) is 19.7. The van der Waals surface area contributed by atoms with Gasteiger partial charge in [0.15, 0.2) is 0 Å². The highest BCUT2D eigenvalue weighted by Crippen LogP contribution is 2.32. The Kier molecular flexibility index (Phi) is 5.35. The van der Waals surface area contributed by atoms with E-state index in [1.807, 2.05) is 18.2 Å². The molecule has 1 aromatic rings. The molecule has 5 heteroatoms. The first-order valence-corrected chi connectivity index (χ1v) is 8.20. The van der Waals surface area contributed by atoms with E-state index >= 15 is 0 Å². The fourth-order valence-corrected chi connectivity index (χ4v) is 3.99. The van der Waals surface area contributed by atoms with Crippen LogP contribution in [0.3, 0.4) is 0 Å². The van der Waals surface area contributed by atoms with Crippen molar-refractivity contribution in [3.05, 3.63) is 34.3 Å². The fraction of sp³-hybridized carbons (Fsp3) is 0.533. The molecule has 20 heavy (non-hydrogen) atoms. The van der Waals surface area contributed by atoms with Gasteiger partial charge in [-0.2, -0.15) is 11.8 Å². The molecule has 1 aromatic carbocycles. The molecule has 1 fully saturated rings. The van der Waals surface area contributed by atoms with E-state index in [9.17, 15) is 9.90 Å². The largest absolute Gasteiger partial charge is 0.481 e. The number of benzene rings is 1. The Morgan fingerprint density at radius 1 is 1.55 bits per heavy atom. The van der Waals surface area contributed by atoms with Crippen LogP contribution in [0.4, 0.5) is 0 Å². The van der Waals surface area contributed by atoms with Crippen LogP contribution in [0.1, 0.15) is 24.5 Å². The Morgan fingerprint density at radius 2 is 2.30 bits per heavy atom. The third-order valence-electron chi connectivity index (χ3n) is 3.68. The van der Waals surface area contributed by atoms with Gasteiger partial charge in [0.2, 0.25) is 0 Å². The molecule has 0 amide bonds. The average molecular weight is 315 g/mol. The molecule has 0 aromatic heterocycles. The van der Waals surface area contributed by atoms with Gasteiger partial charge in [0.25, 0.3) is 0 Å². The van der Waals surface area contributed by atoms with Crippen LogP contribution in [0.2, 0.25) is 5.02 Å². The van der Waals surface area contributed by atoms with Gasteiger partial charge in [-0.1, -0.05) is 30.7 Å². The molecule has 3 atom stereocenters. The van der Waals surface area contributed by atoms with Gasteiger partial charge in [0, 0.05) is 10.3 Å². The zero-order valence-corrected chi connectivity index (χ0v) is 13.0. The van der Waals surface area contributed by atoms with Gasteiger partial charge in [0.05, 0.1) is 12.0 Å². The monoisotopic (exact) mass is 314 g/mol. The van der Waals surface area contributed by atoms with E-state index in [0.717, 1.165) is 29.7 Å². The predicted octanol–water partition coefficient (Wildman–Crippen LogP) is 3.01. The zero-order chi connectivity index (χ0) is 14.7. The van der Waals surface area contributed by atoms with E-state index < -0.39 is 11.9 Å². The molecular weight excluding hydrogens is 296 g/mol. The number of carbonyl (C=O) groups is 1. The number of aliphatic hydroxyl groups is 1. The highest BCUT2D eigenvalue weighted by atomic mass is 35.5. The minimum absolute atomic E-state index is 0.219. The lowest BCUT2D eigenvalue weighted by atomic mass is 9.98. The zero-order valence-electron chi connectivity index (χ0n) is 11.4. The Hall–Kier alpha value is -0.710. The molecule has 1 saturated heterocycles. The second-order valence-corrected chi connectivity index (χ2v) is 7.09. The van der Waals surface area contributed by atoms with Gasteiger partial charge in [-0.05, 0) is 42.2 Å². The summed E-state index contributed by atoms with van der Waals surface area (Å²) in [6.45, 7) is 1.69. The van der Waals surface area contributed by atoms with Gasteiger partial charge < -0.3 is 10.2 Å². The molecule has 0 spiro atoms. The summed E-state index contributed by atoms with van der Waals surface area (Å²) in [5.74, 6) is -0.211. The van der Waals surface area contributed by atoms with Crippen molar-refractivity contribution in [2.75, 3.05) is 5.75 Å². The lowest BCUT2D eigenvalue weighted by Crippen LogP contribution is -2.19. The molecule has 2 N–H and O–H groups in total. The van der Waals surface area contributed by atoms with Gasteiger partial charge in [0.1, 0.15) is 0 Å². The maximum absolute atomic E-state index is 10.9. The Labute approximate surface area is 128 Å². The SMILES string of the molecule is CC(Cc1ccc(CC2SCCC2O)c(Cl)c1)C(=O)O. The van der Waals surface area contributed by atoms with Gasteiger partial charge >= 0.3 is 5.97 Å². The van der Waals surface area contributed by atoms with Gasteiger partial charge in [-0.3, -0.25) is 4.79 Å². The van der Waals surface area contributed by atoms with Crippen molar-refractivity contribution in [2.45, 2.75) is 37.5 Å². The number of aliphatic carboxylic acids is 1. The number of carboxylic acid groups (broad SMARTS) is 1. The van der Waals surface area contributed by atoms with Gasteiger partial charge in [-0.15, -0.1) is 0 Å². The molecule has 0 saturated carbocycles. The lowest BCUT2D eigenvalue weighted by molar-refractivity contribution is -0.141. The van der Waals surface area contributed by atoms with Gasteiger partial charge in [-0.25, -0.2) is 0 Å². The summed E-state index contributed by atoms with van der Waals surface area (Å²) in [4.78, 5) is 10.9. The highest BCUT2D eigenvalue weighted by molar-refractivity contribution is 8.00. The Balaban J connectivity index is 2.04. The number of aliphatic hydroxyl groups excluding tert-OH is 1. The summed E-state index contributed by atoms with van der Waals surface area (Å²) >= 11 is 8.07. The maximum Gasteiger partial charge on any atom is 0.306 e. The molecule has 0 radical (unpaired) electrons. The Bertz CT molecular complexity index is 492. The molecule has 1 aliphatic rings. The first kappa shape index (κ1) is 15.7. The predicted molar refractivity (Wildman–Crippen MR) is 82.5 cm³/mol. The minimum atomic E-state index is -0.796. The third-order valence-corrected chi connectivity index (χ3v) is 5.41. The summed E-state index contributed by atoms with van der Waals surface area (Å²) in [5.41, 5.74) is 1.96. The molecular formula is C15H19ClO3S. The van der Waals surface area contributed by atoms with E-state index in [-0.39, 0.29) is 11.4 Å². The standard InChI is InChI=1S/C15H19ClO3S/c1-9(15(18)19)6-10-2-3-11(12(16)7-10)8-14-13(17)4-5-20-14/h2-3,7,9,13-14,17H,4-6,8H2,1H3,(H,18,19). The summed E-state index contributed by atoms with van der Waals surface area (Å²) < 4.78 is 0. The first-order chi connectivity index (χ1) is 9.47. The van der Waals surface area contributed by atoms with E-state index in [4.69, 9.17) is 16.7 Å². The summed E-state index contributed by atoms with van der Waals surface area (Å²) in [6, 6.07) is 5.74. The second-order valence-electron chi connectivity index (χ2n) is 5.34. The third kappa shape index (κ3) is 3.90. The molecule has 2 rings (SSSR count). The van der Waals surface area contributed by atoms with Crippen molar-refractivity contribution in [3.63, 3.8) is 0 Å². The van der Waals surface area contributed by atoms with Crippen molar-refractivity contribution in [2.24, 2.45) is 5.92 Å². The van der Waals surface area contributed by atoms with Crippen molar-refractivity contribution in [3.8, 4) is 0 Å². The van der Waals surface area contributed by atoms with Crippen LogP contribution in [-0.2, 0) is 17.6 Å². The summed E-state index contributed by atoms with van der Waals surface area (Å²) in [6.07, 6.45) is 1.85. The van der Waals surface area contributed by atoms with Crippen molar-refractivity contribution >= 4 is 29.3 Å². The van der Waals surface area contributed by atoms with E-state index in [1.165, 1.54) is 0 Å². The van der Waals surface area contributed by atoms with Crippen LogP contribution in [0.25, 0.3) is 0 Å². The van der Waals surface area contributed by atoms with E-state index in [1.54, 1.807) is 18.7 Å².